The number of ether oxygens (including phenoxy) is 3. The zero-order valence-corrected chi connectivity index (χ0v) is 67.0. The maximum absolute atomic E-state index is 12.9. The lowest BCUT2D eigenvalue weighted by molar-refractivity contribution is -0.161. The maximum Gasteiger partial charge on any atom is 0.472 e. The maximum atomic E-state index is 12.9. The first-order valence-corrected chi connectivity index (χ1v) is 44.2. The Morgan fingerprint density at radius 3 is 0.806 bits per heavy atom. The highest BCUT2D eigenvalue weighted by molar-refractivity contribution is 7.47. The number of phosphoric acid groups is 2. The average Bonchev–Trinajstić information content (AvgIpc) is 0.930. The smallest absolute Gasteiger partial charge is 0.463 e. The number of carbonyl (C=O) groups is 3. The Kier molecular flexibility index (Phi) is 74.9. The number of rotatable bonds is 78. The van der Waals surface area contributed by atoms with Crippen LogP contribution in [-0.4, -0.2) is 95.9 Å². The number of hydrogen-bond acceptors (Lipinski definition) is 14. The number of aliphatic hydroxyl groups excluding tert-OH is 2. The fraction of sp³-hybridized carbons (Fsp3) is 0.753. The van der Waals surface area contributed by atoms with Gasteiger partial charge in [0.1, 0.15) is 25.4 Å². The Morgan fingerprint density at radius 1 is 0.272 bits per heavy atom. The second kappa shape index (κ2) is 77.8. The van der Waals surface area contributed by atoms with Crippen molar-refractivity contribution in [2.75, 3.05) is 39.6 Å². The summed E-state index contributed by atoms with van der Waals surface area (Å²) in [6, 6.07) is 0. The van der Waals surface area contributed by atoms with Crippen molar-refractivity contribution >= 4 is 33.6 Å². The van der Waals surface area contributed by atoms with Crippen molar-refractivity contribution in [2.24, 2.45) is 0 Å². The first-order chi connectivity index (χ1) is 50.2. The summed E-state index contributed by atoms with van der Waals surface area (Å²) in [5.74, 6) is -1.59. The van der Waals surface area contributed by atoms with Crippen LogP contribution in [0, 0.1) is 0 Å². The number of aliphatic hydroxyl groups is 2. The quantitative estimate of drug-likeness (QED) is 0.0146. The van der Waals surface area contributed by atoms with Gasteiger partial charge >= 0.3 is 33.6 Å². The highest BCUT2D eigenvalue weighted by atomic mass is 31.2. The molecule has 0 fully saturated rings. The van der Waals surface area contributed by atoms with E-state index in [0.29, 0.717) is 19.3 Å². The predicted octanol–water partition coefficient (Wildman–Crippen LogP) is 24.3. The minimum absolute atomic E-state index is 0.0912. The fourth-order valence-corrected chi connectivity index (χ4v) is 12.7. The molecule has 4 N–H and O–H groups in total. The van der Waals surface area contributed by atoms with Crippen LogP contribution in [0.3, 0.4) is 0 Å². The van der Waals surface area contributed by atoms with Crippen molar-refractivity contribution in [1.82, 2.24) is 0 Å². The predicted molar refractivity (Wildman–Crippen MR) is 427 cm³/mol. The van der Waals surface area contributed by atoms with E-state index < -0.39 is 91.5 Å². The second-order valence-electron chi connectivity index (χ2n) is 27.6. The van der Waals surface area contributed by atoms with E-state index >= 15 is 0 Å². The molecule has 0 aliphatic carbocycles. The SMILES string of the molecule is CCCC/C=C\CCCCCCCC(=O)OC(COC(=O)CCCCCCCCC/C=C\C/C=C\C/C=C\C/C=C\CCCCC)COP(=O)(O)OCC(O)COP(=O)(O)OCC(O)COC(=O)CCCCCCCCCCCCCCCCCCC/C=C\C/C=C\C/C=C\C/C=C\CCCCC. The summed E-state index contributed by atoms with van der Waals surface area (Å²) in [5.41, 5.74) is 0. The lowest BCUT2D eigenvalue weighted by atomic mass is 10.0. The summed E-state index contributed by atoms with van der Waals surface area (Å²) in [6.07, 6.45) is 91.6. The van der Waals surface area contributed by atoms with Crippen molar-refractivity contribution in [3.05, 3.63) is 109 Å². The first kappa shape index (κ1) is 99.2. The Labute approximate surface area is 628 Å². The van der Waals surface area contributed by atoms with Crippen LogP contribution >= 0.6 is 15.6 Å². The highest BCUT2D eigenvalue weighted by Gasteiger charge is 2.29. The van der Waals surface area contributed by atoms with E-state index in [1.54, 1.807) is 0 Å². The van der Waals surface area contributed by atoms with Gasteiger partial charge in [-0.3, -0.25) is 32.5 Å². The molecular formula is C85H150O16P2. The molecular weight excluding hydrogens is 1340 g/mol. The summed E-state index contributed by atoms with van der Waals surface area (Å²) in [7, 11) is -9.79. The van der Waals surface area contributed by atoms with Crippen LogP contribution in [0.1, 0.15) is 355 Å². The molecule has 16 nitrogen and oxygen atoms in total. The molecule has 5 unspecified atom stereocenters. The third-order valence-corrected chi connectivity index (χ3v) is 19.3. The third-order valence-electron chi connectivity index (χ3n) is 17.4. The lowest BCUT2D eigenvalue weighted by Crippen LogP contribution is -2.30. The second-order valence-corrected chi connectivity index (χ2v) is 30.5. The van der Waals surface area contributed by atoms with Gasteiger partial charge in [0.15, 0.2) is 6.10 Å². The zero-order chi connectivity index (χ0) is 75.2. The fourth-order valence-electron chi connectivity index (χ4n) is 11.1. The molecule has 0 heterocycles. The molecule has 0 saturated heterocycles. The van der Waals surface area contributed by atoms with Gasteiger partial charge in [-0.1, -0.05) is 316 Å². The first-order valence-electron chi connectivity index (χ1n) is 41.2. The Morgan fingerprint density at radius 2 is 0.495 bits per heavy atom. The van der Waals surface area contributed by atoms with Gasteiger partial charge in [-0.15, -0.1) is 0 Å². The number of esters is 3. The topological polar surface area (TPSA) is 231 Å². The Hall–Kier alpha value is -3.79. The number of unbranched alkanes of at least 4 members (excludes halogenated alkanes) is 37. The molecule has 596 valence electrons. The number of hydrogen-bond donors (Lipinski definition) is 4. The largest absolute Gasteiger partial charge is 0.472 e. The Bertz CT molecular complexity index is 2310. The molecule has 0 aromatic rings. The molecule has 5 atom stereocenters. The summed E-state index contributed by atoms with van der Waals surface area (Å²) < 4.78 is 61.1. The van der Waals surface area contributed by atoms with Crippen LogP contribution in [0.4, 0.5) is 0 Å². The van der Waals surface area contributed by atoms with Gasteiger partial charge in [-0.05, 0) is 128 Å². The highest BCUT2D eigenvalue weighted by Crippen LogP contribution is 2.45. The van der Waals surface area contributed by atoms with Crippen molar-refractivity contribution in [2.45, 2.75) is 373 Å². The molecule has 0 aromatic heterocycles. The molecule has 0 saturated carbocycles. The minimum Gasteiger partial charge on any atom is -0.463 e. The van der Waals surface area contributed by atoms with Crippen molar-refractivity contribution in [1.29, 1.82) is 0 Å². The molecule has 0 bridgehead atoms. The van der Waals surface area contributed by atoms with E-state index in [1.807, 2.05) is 0 Å². The van der Waals surface area contributed by atoms with Crippen molar-refractivity contribution < 1.29 is 75.8 Å². The molecule has 18 heteroatoms. The van der Waals surface area contributed by atoms with Crippen LogP contribution in [0.2, 0.25) is 0 Å². The summed E-state index contributed by atoms with van der Waals surface area (Å²) >= 11 is 0. The van der Waals surface area contributed by atoms with Gasteiger partial charge in [-0.2, -0.15) is 0 Å². The number of allylic oxidation sites excluding steroid dienone is 18. The van der Waals surface area contributed by atoms with E-state index in [-0.39, 0.29) is 19.3 Å². The van der Waals surface area contributed by atoms with E-state index in [2.05, 4.69) is 130 Å². The molecule has 0 spiro atoms. The molecule has 103 heavy (non-hydrogen) atoms. The number of phosphoric ester groups is 2. The van der Waals surface area contributed by atoms with E-state index in [9.17, 15) is 43.5 Å². The normalized spacial score (nSPS) is 14.5. The van der Waals surface area contributed by atoms with Gasteiger partial charge in [0.2, 0.25) is 0 Å². The molecule has 0 amide bonds. The summed E-state index contributed by atoms with van der Waals surface area (Å²) in [5, 5.41) is 20.6. The molecule has 0 aromatic carbocycles. The van der Waals surface area contributed by atoms with Crippen molar-refractivity contribution in [3.8, 4) is 0 Å². The van der Waals surface area contributed by atoms with Crippen LogP contribution < -0.4 is 0 Å². The van der Waals surface area contributed by atoms with Crippen LogP contribution in [-0.2, 0) is 55.8 Å². The molecule has 0 aliphatic rings. The van der Waals surface area contributed by atoms with Gasteiger partial charge in [0.05, 0.1) is 26.4 Å². The van der Waals surface area contributed by atoms with Gasteiger partial charge < -0.3 is 34.2 Å². The molecule has 0 rings (SSSR count). The van der Waals surface area contributed by atoms with E-state index in [4.69, 9.17) is 32.3 Å². The van der Waals surface area contributed by atoms with Crippen LogP contribution in [0.25, 0.3) is 0 Å². The van der Waals surface area contributed by atoms with Crippen molar-refractivity contribution in [3.63, 3.8) is 0 Å². The van der Waals surface area contributed by atoms with Gasteiger partial charge in [-0.25, -0.2) is 9.13 Å². The average molecular weight is 1490 g/mol. The summed E-state index contributed by atoms with van der Waals surface area (Å²) in [6.45, 7) is 2.59. The Balaban J connectivity index is 4.37. The monoisotopic (exact) mass is 1490 g/mol. The minimum atomic E-state index is -4.93. The van der Waals surface area contributed by atoms with Crippen LogP contribution in [0.15, 0.2) is 109 Å². The molecule has 0 radical (unpaired) electrons. The van der Waals surface area contributed by atoms with Gasteiger partial charge in [0, 0.05) is 19.3 Å². The van der Waals surface area contributed by atoms with Crippen LogP contribution in [0.5, 0.6) is 0 Å². The zero-order valence-electron chi connectivity index (χ0n) is 65.2. The third kappa shape index (κ3) is 79.1. The van der Waals surface area contributed by atoms with E-state index in [0.717, 1.165) is 141 Å². The number of carbonyl (C=O) groups excluding carboxylic acids is 3. The van der Waals surface area contributed by atoms with E-state index in [1.165, 1.54) is 154 Å². The van der Waals surface area contributed by atoms with Gasteiger partial charge in [0.25, 0.3) is 0 Å². The lowest BCUT2D eigenvalue weighted by Gasteiger charge is -2.21. The standard InChI is InChI=1S/C85H150O16P2/c1-4-7-10-13-16-19-22-24-26-28-30-32-34-35-36-37-38-39-40-41-42-43-45-47-48-50-52-54-57-59-62-65-68-71-83(88)95-74-80(86)75-97-102(91,92)98-76-81(87)77-99-103(93,94)100-79-82(101-85(90)73-70-67-64-61-56-21-18-15-12-9-6-3)78-96-84(89)72-69-66-63-60-58-55-53-51-49-46-44-33-31-29-27-25-23-20-17-14-11-8-5-2/h15-20,24-27,30-33,35-36,46,49,80-82,86-87H,4-14,21-23,28-29,34,37-45,47-48,50-79H2,1-3H3,(H,91,92)(H,93,94)/b18-15-,19-16-,20-17-,26-24-,27-25-,32-30-,33-31-,36-35-,49-46-. The molecule has 0 aliphatic heterocycles. The summed E-state index contributed by atoms with van der Waals surface area (Å²) in [4.78, 5) is 58.6.